The Bertz CT molecular complexity index is 1060. The number of piperidine rings is 1. The van der Waals surface area contributed by atoms with Crippen molar-refractivity contribution in [2.75, 3.05) is 13.1 Å². The van der Waals surface area contributed by atoms with Crippen LogP contribution in [0.15, 0.2) is 65.8 Å². The van der Waals surface area contributed by atoms with E-state index in [1.807, 2.05) is 35.2 Å². The molecule has 0 aliphatic carbocycles. The molecule has 1 aliphatic heterocycles. The first-order valence-corrected chi connectivity index (χ1v) is 9.61. The van der Waals surface area contributed by atoms with Gasteiger partial charge in [0, 0.05) is 44.5 Å². The number of nitrogens with zero attached hydrogens (tertiary/aromatic N) is 4. The summed E-state index contributed by atoms with van der Waals surface area (Å²) in [6, 6.07) is 12.5. The van der Waals surface area contributed by atoms with Crippen LogP contribution in [0.2, 0.25) is 0 Å². The fraction of sp³-hybridized carbons (Fsp3) is 0.273. The van der Waals surface area contributed by atoms with E-state index >= 15 is 0 Å². The van der Waals surface area contributed by atoms with Crippen molar-refractivity contribution in [3.63, 3.8) is 0 Å². The predicted octanol–water partition coefficient (Wildman–Crippen LogP) is 2.99. The van der Waals surface area contributed by atoms with Gasteiger partial charge in [0.25, 0.3) is 5.91 Å². The molecule has 0 radical (unpaired) electrons. The number of carbonyl (C=O) groups excluding carboxylic acids is 1. The zero-order chi connectivity index (χ0) is 20.2. The summed E-state index contributed by atoms with van der Waals surface area (Å²) >= 11 is 0. The maximum atomic E-state index is 12.7. The molecule has 3 heterocycles. The molecule has 1 aromatic carbocycles. The van der Waals surface area contributed by atoms with Gasteiger partial charge in [-0.2, -0.15) is 0 Å². The third kappa shape index (κ3) is 4.34. The van der Waals surface area contributed by atoms with E-state index in [0.717, 1.165) is 24.3 Å². The number of likely N-dealkylation sites (tertiary alicyclic amines) is 1. The van der Waals surface area contributed by atoms with Gasteiger partial charge in [-0.15, -0.1) is 0 Å². The van der Waals surface area contributed by atoms with E-state index in [1.54, 1.807) is 31.7 Å². The van der Waals surface area contributed by atoms with E-state index < -0.39 is 0 Å². The van der Waals surface area contributed by atoms with Crippen molar-refractivity contribution in [1.82, 2.24) is 19.4 Å². The Morgan fingerprint density at radius 1 is 1.07 bits per heavy atom. The molecule has 2 aromatic heterocycles. The normalized spacial score (nSPS) is 14.6. The van der Waals surface area contributed by atoms with Gasteiger partial charge in [-0.1, -0.05) is 18.2 Å². The van der Waals surface area contributed by atoms with E-state index in [0.29, 0.717) is 24.5 Å². The summed E-state index contributed by atoms with van der Waals surface area (Å²) in [7, 11) is 1.65. The molecular weight excluding hydrogens is 368 g/mol. The Kier molecular flexibility index (Phi) is 5.37. The van der Waals surface area contributed by atoms with E-state index in [9.17, 15) is 9.59 Å². The minimum Gasteiger partial charge on any atom is -0.437 e. The molecule has 0 spiro atoms. The Morgan fingerprint density at radius 2 is 1.83 bits per heavy atom. The topological polar surface area (TPSA) is 77.3 Å². The first-order valence-electron chi connectivity index (χ1n) is 9.61. The minimum absolute atomic E-state index is 0.0497. The highest BCUT2D eigenvalue weighted by Crippen LogP contribution is 2.28. The van der Waals surface area contributed by atoms with Crippen molar-refractivity contribution in [2.45, 2.75) is 18.8 Å². The molecule has 7 heteroatoms. The van der Waals surface area contributed by atoms with Gasteiger partial charge in [-0.25, -0.2) is 4.98 Å². The molecule has 0 unspecified atom stereocenters. The van der Waals surface area contributed by atoms with Gasteiger partial charge in [-0.3, -0.25) is 14.6 Å². The van der Waals surface area contributed by atoms with E-state index in [1.165, 1.54) is 10.6 Å². The fourth-order valence-electron chi connectivity index (χ4n) is 3.50. The summed E-state index contributed by atoms with van der Waals surface area (Å²) in [5.74, 6) is 1.37. The van der Waals surface area contributed by atoms with Crippen molar-refractivity contribution in [1.29, 1.82) is 0 Å². The van der Waals surface area contributed by atoms with Crippen LogP contribution in [0.4, 0.5) is 0 Å². The molecule has 0 N–H and O–H groups in total. The second-order valence-corrected chi connectivity index (χ2v) is 7.13. The molecule has 0 atom stereocenters. The van der Waals surface area contributed by atoms with Crippen LogP contribution in [-0.4, -0.2) is 38.4 Å². The molecule has 148 valence electrons. The molecule has 7 nitrogen and oxygen atoms in total. The van der Waals surface area contributed by atoms with Gasteiger partial charge in [0.15, 0.2) is 0 Å². The Hall–Kier alpha value is -3.48. The highest BCUT2D eigenvalue weighted by Gasteiger charge is 2.26. The van der Waals surface area contributed by atoms with Crippen molar-refractivity contribution >= 4 is 5.91 Å². The van der Waals surface area contributed by atoms with E-state index in [4.69, 9.17) is 4.74 Å². The first kappa shape index (κ1) is 18.9. The fourth-order valence-corrected chi connectivity index (χ4v) is 3.50. The average molecular weight is 390 g/mol. The summed E-state index contributed by atoms with van der Waals surface area (Å²) in [6.07, 6.45) is 6.58. The number of aryl methyl sites for hydroxylation is 1. The van der Waals surface area contributed by atoms with Crippen LogP contribution in [0.25, 0.3) is 0 Å². The summed E-state index contributed by atoms with van der Waals surface area (Å²) < 4.78 is 7.21. The minimum atomic E-state index is -0.128. The van der Waals surface area contributed by atoms with E-state index in [-0.39, 0.29) is 17.4 Å². The summed E-state index contributed by atoms with van der Waals surface area (Å²) in [4.78, 5) is 35.0. The molecule has 1 saturated heterocycles. The lowest BCUT2D eigenvalue weighted by Gasteiger charge is -2.31. The largest absolute Gasteiger partial charge is 0.437 e. The number of carbonyl (C=O) groups is 1. The third-order valence-corrected chi connectivity index (χ3v) is 5.13. The monoisotopic (exact) mass is 390 g/mol. The highest BCUT2D eigenvalue weighted by atomic mass is 16.5. The van der Waals surface area contributed by atoms with Crippen LogP contribution < -0.4 is 10.3 Å². The maximum Gasteiger partial charge on any atom is 0.255 e. The zero-order valence-electron chi connectivity index (χ0n) is 16.2. The molecule has 0 bridgehead atoms. The molecule has 1 aliphatic rings. The number of benzene rings is 1. The first-order chi connectivity index (χ1) is 14.1. The van der Waals surface area contributed by atoms with E-state index in [2.05, 4.69) is 9.97 Å². The highest BCUT2D eigenvalue weighted by molar-refractivity contribution is 5.94. The second kappa shape index (κ2) is 8.26. The number of para-hydroxylation sites is 1. The molecular formula is C22H22N4O3. The lowest BCUT2D eigenvalue weighted by Crippen LogP contribution is -2.38. The molecule has 4 rings (SSSR count). The molecule has 1 amide bonds. The number of ether oxygens (including phenoxy) is 1. The number of rotatable bonds is 4. The van der Waals surface area contributed by atoms with Crippen molar-refractivity contribution in [2.24, 2.45) is 7.05 Å². The van der Waals surface area contributed by atoms with Crippen LogP contribution in [0.1, 0.15) is 34.8 Å². The van der Waals surface area contributed by atoms with Crippen LogP contribution in [-0.2, 0) is 7.05 Å². The van der Waals surface area contributed by atoms with Crippen molar-refractivity contribution in [3.8, 4) is 11.6 Å². The van der Waals surface area contributed by atoms with Gasteiger partial charge in [0.05, 0.1) is 17.5 Å². The number of amides is 1. The van der Waals surface area contributed by atoms with Crippen LogP contribution >= 0.6 is 0 Å². The number of aromatic nitrogens is 3. The third-order valence-electron chi connectivity index (χ3n) is 5.13. The van der Waals surface area contributed by atoms with Gasteiger partial charge < -0.3 is 14.2 Å². The Balaban J connectivity index is 1.40. The Morgan fingerprint density at radius 3 is 2.55 bits per heavy atom. The number of hydrogen-bond acceptors (Lipinski definition) is 5. The molecule has 0 saturated carbocycles. The van der Waals surface area contributed by atoms with Crippen LogP contribution in [0, 0.1) is 0 Å². The molecule has 3 aromatic rings. The smallest absolute Gasteiger partial charge is 0.255 e. The summed E-state index contributed by atoms with van der Waals surface area (Å²) in [5.41, 5.74) is 1.28. The van der Waals surface area contributed by atoms with Gasteiger partial charge in [0.2, 0.25) is 11.4 Å². The van der Waals surface area contributed by atoms with Gasteiger partial charge in [-0.05, 0) is 31.0 Å². The predicted molar refractivity (Wildman–Crippen MR) is 108 cm³/mol. The second-order valence-electron chi connectivity index (χ2n) is 7.13. The van der Waals surface area contributed by atoms with Crippen LogP contribution in [0.3, 0.4) is 0 Å². The quantitative estimate of drug-likeness (QED) is 0.684. The SMILES string of the molecule is Cn1cc(C(=O)N2CCC(c3cncc(Oc4ccccc4)n3)CC2)ccc1=O. The summed E-state index contributed by atoms with van der Waals surface area (Å²) in [6.45, 7) is 1.27. The van der Waals surface area contributed by atoms with Crippen LogP contribution in [0.5, 0.6) is 11.6 Å². The number of pyridine rings is 1. The summed E-state index contributed by atoms with van der Waals surface area (Å²) in [5, 5.41) is 0. The van der Waals surface area contributed by atoms with Gasteiger partial charge in [0.1, 0.15) is 5.75 Å². The number of hydrogen-bond donors (Lipinski definition) is 0. The van der Waals surface area contributed by atoms with Crippen molar-refractivity contribution in [3.05, 3.63) is 82.7 Å². The lowest BCUT2D eigenvalue weighted by molar-refractivity contribution is 0.0711. The van der Waals surface area contributed by atoms with Crippen molar-refractivity contribution < 1.29 is 9.53 Å². The maximum absolute atomic E-state index is 12.7. The Labute approximate surface area is 168 Å². The zero-order valence-corrected chi connectivity index (χ0v) is 16.2. The van der Waals surface area contributed by atoms with Gasteiger partial charge >= 0.3 is 0 Å². The standard InChI is InChI=1S/C22H22N4O3/c1-25-15-17(7-8-21(25)27)22(28)26-11-9-16(10-12-26)19-13-23-14-20(24-19)29-18-5-3-2-4-6-18/h2-8,13-16H,9-12H2,1H3. The molecule has 29 heavy (non-hydrogen) atoms. The lowest BCUT2D eigenvalue weighted by atomic mass is 9.93. The average Bonchev–Trinajstić information content (AvgIpc) is 2.76. The molecule has 1 fully saturated rings.